The lowest BCUT2D eigenvalue weighted by Crippen LogP contribution is -2.53. The Morgan fingerprint density at radius 2 is 1.47 bits per heavy atom. The van der Waals surface area contributed by atoms with E-state index in [2.05, 4.69) is 48.6 Å². The summed E-state index contributed by atoms with van der Waals surface area (Å²) in [5.41, 5.74) is 1.64. The molecule has 3 amide bonds. The van der Waals surface area contributed by atoms with E-state index >= 15 is 0 Å². The van der Waals surface area contributed by atoms with E-state index in [4.69, 9.17) is 5.21 Å². The highest BCUT2D eigenvalue weighted by Crippen LogP contribution is 2.27. The first-order chi connectivity index (χ1) is 16.2. The second-order valence-electron chi connectivity index (χ2n) is 10.2. The molecule has 0 radical (unpaired) electrons. The van der Waals surface area contributed by atoms with Gasteiger partial charge in [0.15, 0.2) is 0 Å². The summed E-state index contributed by atoms with van der Waals surface area (Å²) in [6.07, 6.45) is 8.55. The molecule has 0 heterocycles. The molecule has 0 aromatic heterocycles. The highest BCUT2D eigenvalue weighted by atomic mass is 32.2. The zero-order chi connectivity index (χ0) is 25.1. The van der Waals surface area contributed by atoms with Gasteiger partial charge in [-0.3, -0.25) is 19.6 Å². The molecule has 1 atom stereocenters. The number of hydrogen-bond donors (Lipinski definition) is 4. The smallest absolute Gasteiger partial charge is 0.243 e. The predicted octanol–water partition coefficient (Wildman–Crippen LogP) is 1.60. The van der Waals surface area contributed by atoms with Crippen molar-refractivity contribution in [1.82, 2.24) is 25.9 Å². The lowest BCUT2D eigenvalue weighted by atomic mass is 9.85. The lowest BCUT2D eigenvalue weighted by molar-refractivity contribution is -0.131. The van der Waals surface area contributed by atoms with Crippen molar-refractivity contribution in [3.8, 4) is 0 Å². The molecule has 196 valence electrons. The van der Waals surface area contributed by atoms with Crippen molar-refractivity contribution in [2.75, 3.05) is 39.7 Å². The van der Waals surface area contributed by atoms with Gasteiger partial charge in [-0.15, -0.1) is 0 Å². The topological polar surface area (TPSA) is 114 Å². The van der Waals surface area contributed by atoms with E-state index in [-0.39, 0.29) is 30.2 Å². The van der Waals surface area contributed by atoms with Gasteiger partial charge in [-0.2, -0.15) is 11.8 Å². The van der Waals surface area contributed by atoms with Gasteiger partial charge in [-0.25, -0.2) is 5.48 Å². The number of carbonyl (C=O) groups is 3. The van der Waals surface area contributed by atoms with Gasteiger partial charge in [0.2, 0.25) is 17.7 Å². The van der Waals surface area contributed by atoms with Crippen LogP contribution >= 0.6 is 11.8 Å². The SMILES string of the molecule is CN(C)C1CCC(NC(=O)[C@H](CSCCCC(=O)NO)NC(=O)C2CCC(N(C)C)CC2)CC1. The molecular formula is C24H45N5O4S. The van der Waals surface area contributed by atoms with Crippen LogP contribution in [0.2, 0.25) is 0 Å². The number of amides is 3. The van der Waals surface area contributed by atoms with Crippen molar-refractivity contribution in [3.63, 3.8) is 0 Å². The van der Waals surface area contributed by atoms with Crippen LogP contribution in [0.5, 0.6) is 0 Å². The highest BCUT2D eigenvalue weighted by molar-refractivity contribution is 7.99. The van der Waals surface area contributed by atoms with Crippen LogP contribution < -0.4 is 16.1 Å². The van der Waals surface area contributed by atoms with E-state index in [0.29, 0.717) is 30.0 Å². The van der Waals surface area contributed by atoms with Gasteiger partial charge in [-0.05, 0) is 91.7 Å². The third kappa shape index (κ3) is 9.71. The molecule has 10 heteroatoms. The summed E-state index contributed by atoms with van der Waals surface area (Å²) in [4.78, 5) is 41.8. The van der Waals surface area contributed by atoms with Crippen molar-refractivity contribution in [3.05, 3.63) is 0 Å². The van der Waals surface area contributed by atoms with E-state index in [1.807, 2.05) is 0 Å². The predicted molar refractivity (Wildman–Crippen MR) is 136 cm³/mol. The minimum atomic E-state index is -0.581. The van der Waals surface area contributed by atoms with E-state index in [1.165, 1.54) is 0 Å². The number of thioether (sulfide) groups is 1. The summed E-state index contributed by atoms with van der Waals surface area (Å²) in [6, 6.07) is 0.652. The molecule has 0 unspecified atom stereocenters. The summed E-state index contributed by atoms with van der Waals surface area (Å²) >= 11 is 1.55. The largest absolute Gasteiger partial charge is 0.352 e. The molecule has 34 heavy (non-hydrogen) atoms. The van der Waals surface area contributed by atoms with Gasteiger partial charge in [0.05, 0.1) is 0 Å². The molecule has 2 saturated carbocycles. The molecule has 0 aromatic carbocycles. The highest BCUT2D eigenvalue weighted by Gasteiger charge is 2.31. The standard InChI is InChI=1S/C24H45N5O4S/c1-28(2)19-11-7-17(8-12-19)23(31)26-21(16-34-15-5-6-22(30)27-33)24(32)25-18-9-13-20(14-10-18)29(3)4/h17-21,33H,5-16H2,1-4H3,(H,25,32)(H,26,31)(H,27,30)/t17?,18?,19?,20?,21-/m0/s1. The fraction of sp³-hybridized carbons (Fsp3) is 0.875. The van der Waals surface area contributed by atoms with E-state index in [9.17, 15) is 14.4 Å². The van der Waals surface area contributed by atoms with Crippen molar-refractivity contribution in [1.29, 1.82) is 0 Å². The maximum atomic E-state index is 13.2. The Balaban J connectivity index is 1.88. The molecule has 4 N–H and O–H groups in total. The van der Waals surface area contributed by atoms with Gasteiger partial charge in [0.1, 0.15) is 6.04 Å². The van der Waals surface area contributed by atoms with Crippen LogP contribution in [0.1, 0.15) is 64.2 Å². The zero-order valence-corrected chi connectivity index (χ0v) is 22.2. The van der Waals surface area contributed by atoms with E-state index in [0.717, 1.165) is 51.4 Å². The van der Waals surface area contributed by atoms with Gasteiger partial charge in [0, 0.05) is 36.2 Å². The van der Waals surface area contributed by atoms with Crippen molar-refractivity contribution in [2.45, 2.75) is 88.4 Å². The van der Waals surface area contributed by atoms with Crippen LogP contribution in [0.4, 0.5) is 0 Å². The fourth-order valence-electron chi connectivity index (χ4n) is 4.96. The number of hydroxylamine groups is 1. The average Bonchev–Trinajstić information content (AvgIpc) is 2.83. The number of nitrogens with zero attached hydrogens (tertiary/aromatic N) is 2. The number of hydrogen-bond acceptors (Lipinski definition) is 7. The summed E-state index contributed by atoms with van der Waals surface area (Å²) in [7, 11) is 8.36. The molecule has 2 aliphatic rings. The maximum absolute atomic E-state index is 13.2. The van der Waals surface area contributed by atoms with Crippen LogP contribution in [-0.4, -0.2) is 96.6 Å². The van der Waals surface area contributed by atoms with Crippen molar-refractivity contribution in [2.24, 2.45) is 5.92 Å². The van der Waals surface area contributed by atoms with Gasteiger partial charge < -0.3 is 20.4 Å². The Bertz CT molecular complexity index is 647. The molecule has 2 fully saturated rings. The quantitative estimate of drug-likeness (QED) is 0.183. The first-order valence-electron chi connectivity index (χ1n) is 12.7. The Hall–Kier alpha value is -1.36. The van der Waals surface area contributed by atoms with Crippen molar-refractivity contribution < 1.29 is 19.6 Å². The second-order valence-corrected chi connectivity index (χ2v) is 11.4. The molecule has 2 rings (SSSR count). The monoisotopic (exact) mass is 499 g/mol. The molecular weight excluding hydrogens is 454 g/mol. The molecule has 0 aliphatic heterocycles. The van der Waals surface area contributed by atoms with Crippen LogP contribution in [0, 0.1) is 5.92 Å². The first kappa shape index (κ1) is 28.9. The van der Waals surface area contributed by atoms with E-state index < -0.39 is 11.9 Å². The maximum Gasteiger partial charge on any atom is 0.243 e. The van der Waals surface area contributed by atoms with Gasteiger partial charge in [-0.1, -0.05) is 0 Å². The van der Waals surface area contributed by atoms with Crippen LogP contribution in [0.25, 0.3) is 0 Å². The number of carbonyl (C=O) groups excluding carboxylic acids is 3. The Morgan fingerprint density at radius 1 is 0.912 bits per heavy atom. The molecule has 2 aliphatic carbocycles. The Labute approximate surface area is 209 Å². The lowest BCUT2D eigenvalue weighted by Gasteiger charge is -2.34. The summed E-state index contributed by atoms with van der Waals surface area (Å²) in [5.74, 6) is 0.566. The second kappa shape index (κ2) is 14.9. The minimum Gasteiger partial charge on any atom is -0.352 e. The molecule has 0 saturated heterocycles. The van der Waals surface area contributed by atoms with Crippen LogP contribution in [-0.2, 0) is 14.4 Å². The normalized spacial score (nSPS) is 26.2. The molecule has 0 aromatic rings. The third-order valence-electron chi connectivity index (χ3n) is 7.31. The molecule has 0 spiro atoms. The Kier molecular flexibility index (Phi) is 12.7. The average molecular weight is 500 g/mol. The van der Waals surface area contributed by atoms with Gasteiger partial charge >= 0.3 is 0 Å². The molecule has 0 bridgehead atoms. The van der Waals surface area contributed by atoms with Gasteiger partial charge in [0.25, 0.3) is 0 Å². The molecule has 9 nitrogen and oxygen atoms in total. The number of rotatable bonds is 12. The summed E-state index contributed by atoms with van der Waals surface area (Å²) in [6.45, 7) is 0. The number of nitrogens with one attached hydrogen (secondary N) is 3. The zero-order valence-electron chi connectivity index (χ0n) is 21.3. The third-order valence-corrected chi connectivity index (χ3v) is 8.45. The van der Waals surface area contributed by atoms with Crippen LogP contribution in [0.15, 0.2) is 0 Å². The summed E-state index contributed by atoms with van der Waals surface area (Å²) < 4.78 is 0. The van der Waals surface area contributed by atoms with Crippen molar-refractivity contribution >= 4 is 29.5 Å². The van der Waals surface area contributed by atoms with E-state index in [1.54, 1.807) is 17.2 Å². The van der Waals surface area contributed by atoms with Crippen LogP contribution in [0.3, 0.4) is 0 Å². The first-order valence-corrected chi connectivity index (χ1v) is 13.8. The Morgan fingerprint density at radius 3 is 2.00 bits per heavy atom. The minimum absolute atomic E-state index is 0.0195. The summed E-state index contributed by atoms with van der Waals surface area (Å²) in [5, 5.41) is 14.8. The fourth-order valence-corrected chi connectivity index (χ4v) is 5.94.